The van der Waals surface area contributed by atoms with E-state index in [0.29, 0.717) is 11.6 Å². The van der Waals surface area contributed by atoms with Gasteiger partial charge in [-0.05, 0) is 35.0 Å². The molecule has 0 aliphatic rings. The fourth-order valence-electron chi connectivity index (χ4n) is 1.31. The lowest BCUT2D eigenvalue weighted by Crippen LogP contribution is -2.00. The Morgan fingerprint density at radius 1 is 1.35 bits per heavy atom. The molecular weight excluding hydrogens is 300 g/mol. The molecule has 0 aromatic carbocycles. The summed E-state index contributed by atoms with van der Waals surface area (Å²) >= 11 is 4.93. The molecule has 0 unspecified atom stereocenters. The zero-order valence-corrected chi connectivity index (χ0v) is 11.6. The largest absolute Gasteiger partial charge is 0.384 e. The van der Waals surface area contributed by atoms with E-state index in [2.05, 4.69) is 30.9 Å². The van der Waals surface area contributed by atoms with E-state index in [1.807, 2.05) is 19.1 Å². The highest BCUT2D eigenvalue weighted by Gasteiger charge is 2.02. The number of nitrogen functional groups attached to an aromatic ring is 1. The van der Waals surface area contributed by atoms with Crippen molar-refractivity contribution in [2.45, 2.75) is 17.7 Å². The summed E-state index contributed by atoms with van der Waals surface area (Å²) in [5.74, 6) is 1.91. The van der Waals surface area contributed by atoms with Crippen molar-refractivity contribution in [1.29, 1.82) is 0 Å². The highest BCUT2D eigenvalue weighted by Crippen LogP contribution is 2.20. The van der Waals surface area contributed by atoms with Crippen LogP contribution < -0.4 is 5.73 Å². The van der Waals surface area contributed by atoms with E-state index in [1.54, 1.807) is 24.0 Å². The molecule has 0 saturated carbocycles. The third-order valence-electron chi connectivity index (χ3n) is 1.97. The minimum Gasteiger partial charge on any atom is -0.384 e. The quantitative estimate of drug-likeness (QED) is 0.883. The first-order valence-corrected chi connectivity index (χ1v) is 6.76. The van der Waals surface area contributed by atoms with Gasteiger partial charge in [-0.2, -0.15) is 0 Å². The van der Waals surface area contributed by atoms with Crippen LogP contribution in [0.2, 0.25) is 0 Å². The molecule has 0 spiro atoms. The van der Waals surface area contributed by atoms with E-state index < -0.39 is 0 Å². The van der Waals surface area contributed by atoms with Gasteiger partial charge in [0.05, 0.1) is 10.8 Å². The number of anilines is 1. The van der Waals surface area contributed by atoms with Crippen LogP contribution in [0.25, 0.3) is 0 Å². The third kappa shape index (κ3) is 3.67. The topological polar surface area (TPSA) is 64.7 Å². The lowest BCUT2D eigenvalue weighted by Gasteiger charge is -2.02. The zero-order chi connectivity index (χ0) is 12.3. The van der Waals surface area contributed by atoms with Gasteiger partial charge in [0.1, 0.15) is 11.6 Å². The smallest absolute Gasteiger partial charge is 0.141 e. The molecule has 4 nitrogen and oxygen atoms in total. The van der Waals surface area contributed by atoms with Crippen LogP contribution in [0.3, 0.4) is 0 Å². The SMILES string of the molecule is Cc1cc(N)nc(CSc2ccc(Br)cn2)n1. The summed E-state index contributed by atoms with van der Waals surface area (Å²) in [5.41, 5.74) is 6.55. The van der Waals surface area contributed by atoms with Gasteiger partial charge >= 0.3 is 0 Å². The molecule has 0 radical (unpaired) electrons. The maximum atomic E-state index is 5.67. The van der Waals surface area contributed by atoms with Gasteiger partial charge < -0.3 is 5.73 Å². The molecule has 2 aromatic rings. The van der Waals surface area contributed by atoms with Crippen molar-refractivity contribution in [2.24, 2.45) is 0 Å². The Morgan fingerprint density at radius 3 is 2.82 bits per heavy atom. The predicted molar refractivity (Wildman–Crippen MR) is 72.7 cm³/mol. The number of nitrogens with zero attached hydrogens (tertiary/aromatic N) is 3. The van der Waals surface area contributed by atoms with Crippen molar-refractivity contribution in [1.82, 2.24) is 15.0 Å². The van der Waals surface area contributed by atoms with Gasteiger partial charge in [0, 0.05) is 22.4 Å². The summed E-state index contributed by atoms with van der Waals surface area (Å²) in [6.45, 7) is 1.91. The van der Waals surface area contributed by atoms with Crippen molar-refractivity contribution in [3.05, 3.63) is 40.4 Å². The Labute approximate surface area is 112 Å². The zero-order valence-electron chi connectivity index (χ0n) is 9.22. The van der Waals surface area contributed by atoms with E-state index in [4.69, 9.17) is 5.73 Å². The summed E-state index contributed by atoms with van der Waals surface area (Å²) in [6.07, 6.45) is 1.77. The van der Waals surface area contributed by atoms with Gasteiger partial charge in [0.15, 0.2) is 0 Å². The van der Waals surface area contributed by atoms with Crippen molar-refractivity contribution in [2.75, 3.05) is 5.73 Å². The maximum absolute atomic E-state index is 5.67. The normalized spacial score (nSPS) is 10.5. The van der Waals surface area contributed by atoms with Crippen LogP contribution in [0.5, 0.6) is 0 Å². The third-order valence-corrected chi connectivity index (χ3v) is 3.38. The minimum absolute atomic E-state index is 0.511. The number of halogens is 1. The molecule has 6 heteroatoms. The second kappa shape index (κ2) is 5.46. The highest BCUT2D eigenvalue weighted by molar-refractivity contribution is 9.10. The molecule has 2 aromatic heterocycles. The molecule has 17 heavy (non-hydrogen) atoms. The maximum Gasteiger partial charge on any atom is 0.141 e. The summed E-state index contributed by atoms with van der Waals surface area (Å²) < 4.78 is 0.970. The van der Waals surface area contributed by atoms with Gasteiger partial charge in [-0.3, -0.25) is 0 Å². The van der Waals surface area contributed by atoms with Crippen LogP contribution in [-0.4, -0.2) is 15.0 Å². The molecule has 2 heterocycles. The first-order valence-electron chi connectivity index (χ1n) is 4.98. The average Bonchev–Trinajstić information content (AvgIpc) is 2.27. The lowest BCUT2D eigenvalue weighted by molar-refractivity contribution is 0.999. The van der Waals surface area contributed by atoms with E-state index >= 15 is 0 Å². The Kier molecular flexibility index (Phi) is 3.96. The summed E-state index contributed by atoms with van der Waals surface area (Å²) in [7, 11) is 0. The molecule has 0 bridgehead atoms. The van der Waals surface area contributed by atoms with Gasteiger partial charge in [0.2, 0.25) is 0 Å². The second-order valence-electron chi connectivity index (χ2n) is 3.45. The van der Waals surface area contributed by atoms with E-state index in [-0.39, 0.29) is 0 Å². The minimum atomic E-state index is 0.511. The average molecular weight is 311 g/mol. The summed E-state index contributed by atoms with van der Waals surface area (Å²) in [6, 6.07) is 5.67. The molecule has 2 rings (SSSR count). The van der Waals surface area contributed by atoms with Crippen LogP contribution in [-0.2, 0) is 5.75 Å². The number of aromatic nitrogens is 3. The molecular formula is C11H11BrN4S. The number of aryl methyl sites for hydroxylation is 1. The Hall–Kier alpha value is -1.14. The van der Waals surface area contributed by atoms with Crippen LogP contribution in [0.1, 0.15) is 11.5 Å². The predicted octanol–water partition coefficient (Wildman–Crippen LogP) is 2.82. The van der Waals surface area contributed by atoms with Gasteiger partial charge in [0.25, 0.3) is 0 Å². The van der Waals surface area contributed by atoms with Crippen molar-refractivity contribution in [3.63, 3.8) is 0 Å². The van der Waals surface area contributed by atoms with Crippen LogP contribution in [0, 0.1) is 6.92 Å². The molecule has 0 atom stereocenters. The monoisotopic (exact) mass is 310 g/mol. The van der Waals surface area contributed by atoms with Crippen LogP contribution in [0.4, 0.5) is 5.82 Å². The number of pyridine rings is 1. The Bertz CT molecular complexity index is 495. The van der Waals surface area contributed by atoms with Crippen molar-refractivity contribution < 1.29 is 0 Å². The molecule has 0 saturated heterocycles. The van der Waals surface area contributed by atoms with Gasteiger partial charge in [-0.25, -0.2) is 15.0 Å². The number of rotatable bonds is 3. The molecule has 2 N–H and O–H groups in total. The fourth-order valence-corrected chi connectivity index (χ4v) is 2.24. The number of hydrogen-bond donors (Lipinski definition) is 1. The first-order chi connectivity index (χ1) is 8.13. The highest BCUT2D eigenvalue weighted by atomic mass is 79.9. The number of hydrogen-bond acceptors (Lipinski definition) is 5. The van der Waals surface area contributed by atoms with E-state index in [0.717, 1.165) is 21.0 Å². The first kappa shape index (κ1) is 12.3. The summed E-state index contributed by atoms with van der Waals surface area (Å²) in [5, 5.41) is 0.942. The standard InChI is InChI=1S/C11H11BrN4S/c1-7-4-9(13)16-10(15-7)6-17-11-3-2-8(12)5-14-11/h2-5H,6H2,1H3,(H2,13,15,16). The summed E-state index contributed by atoms with van der Waals surface area (Å²) in [4.78, 5) is 12.8. The van der Waals surface area contributed by atoms with Gasteiger partial charge in [-0.1, -0.05) is 11.8 Å². The number of nitrogens with two attached hydrogens (primary N) is 1. The fraction of sp³-hybridized carbons (Fsp3) is 0.182. The van der Waals surface area contributed by atoms with Crippen molar-refractivity contribution in [3.8, 4) is 0 Å². The van der Waals surface area contributed by atoms with Crippen LogP contribution >= 0.6 is 27.7 Å². The molecule has 88 valence electrons. The van der Waals surface area contributed by atoms with Gasteiger partial charge in [-0.15, -0.1) is 0 Å². The molecule has 0 fully saturated rings. The molecule has 0 aliphatic heterocycles. The number of thioether (sulfide) groups is 1. The molecule has 0 amide bonds. The Balaban J connectivity index is 2.04. The lowest BCUT2D eigenvalue weighted by atomic mass is 10.4. The van der Waals surface area contributed by atoms with Crippen molar-refractivity contribution >= 4 is 33.5 Å². The van der Waals surface area contributed by atoms with E-state index in [1.165, 1.54) is 0 Å². The van der Waals surface area contributed by atoms with E-state index in [9.17, 15) is 0 Å². The molecule has 0 aliphatic carbocycles. The Morgan fingerprint density at radius 2 is 2.18 bits per heavy atom. The second-order valence-corrected chi connectivity index (χ2v) is 5.37. The van der Waals surface area contributed by atoms with Crippen LogP contribution in [0.15, 0.2) is 33.9 Å².